The molecule has 2 amide bonds. The average molecular weight is 328 g/mol. The van der Waals surface area contributed by atoms with E-state index in [1.807, 2.05) is 25.1 Å². The molecule has 2 N–H and O–H groups in total. The molecule has 6 nitrogen and oxygen atoms in total. The predicted molar refractivity (Wildman–Crippen MR) is 86.2 cm³/mol. The van der Waals surface area contributed by atoms with E-state index in [9.17, 15) is 9.59 Å². The van der Waals surface area contributed by atoms with Gasteiger partial charge in [-0.15, -0.1) is 12.4 Å². The maximum atomic E-state index is 12.0. The van der Waals surface area contributed by atoms with Gasteiger partial charge in [0.05, 0.1) is 6.54 Å². The summed E-state index contributed by atoms with van der Waals surface area (Å²) in [5.41, 5.74) is 0. The van der Waals surface area contributed by atoms with Crippen LogP contribution in [0, 0.1) is 0 Å². The van der Waals surface area contributed by atoms with Gasteiger partial charge in [0.2, 0.25) is 5.91 Å². The second kappa shape index (κ2) is 9.27. The Hall–Kier alpha value is -1.79. The number of carbonyl (C=O) groups is 2. The Morgan fingerprint density at radius 2 is 2.09 bits per heavy atom. The summed E-state index contributed by atoms with van der Waals surface area (Å²) < 4.78 is 5.32. The molecule has 1 saturated heterocycles. The van der Waals surface area contributed by atoms with E-state index in [2.05, 4.69) is 10.6 Å². The minimum absolute atomic E-state index is 0. The molecule has 22 heavy (non-hydrogen) atoms. The molecule has 0 radical (unpaired) electrons. The fourth-order valence-electron chi connectivity index (χ4n) is 2.16. The standard InChI is InChI=1S/C15H21N3O3.ClH/c1-12-10-18(8-7-16-12)15(20)9-17-14(19)11-21-13-5-3-2-4-6-13;/h2-6,12,16H,7-11H2,1H3,(H,17,19);1H. The van der Waals surface area contributed by atoms with Gasteiger partial charge in [-0.25, -0.2) is 0 Å². The first-order valence-electron chi connectivity index (χ1n) is 7.11. The van der Waals surface area contributed by atoms with E-state index in [0.717, 1.165) is 6.54 Å². The van der Waals surface area contributed by atoms with E-state index in [1.54, 1.807) is 17.0 Å². The molecule has 1 aromatic carbocycles. The van der Waals surface area contributed by atoms with Crippen LogP contribution in [0.1, 0.15) is 6.92 Å². The van der Waals surface area contributed by atoms with E-state index in [4.69, 9.17) is 4.74 Å². The number of ether oxygens (including phenoxy) is 1. The highest BCUT2D eigenvalue weighted by Gasteiger charge is 2.20. The molecular formula is C15H22ClN3O3. The van der Waals surface area contributed by atoms with Crippen LogP contribution in [-0.2, 0) is 9.59 Å². The van der Waals surface area contributed by atoms with Crippen LogP contribution >= 0.6 is 12.4 Å². The van der Waals surface area contributed by atoms with E-state index in [1.165, 1.54) is 0 Å². The molecule has 1 atom stereocenters. The smallest absolute Gasteiger partial charge is 0.258 e. The monoisotopic (exact) mass is 327 g/mol. The van der Waals surface area contributed by atoms with Crippen molar-refractivity contribution in [2.24, 2.45) is 0 Å². The summed E-state index contributed by atoms with van der Waals surface area (Å²) in [7, 11) is 0. The molecule has 2 rings (SSSR count). The molecule has 0 aromatic heterocycles. The van der Waals surface area contributed by atoms with E-state index >= 15 is 0 Å². The maximum Gasteiger partial charge on any atom is 0.258 e. The molecule has 1 heterocycles. The van der Waals surface area contributed by atoms with Gasteiger partial charge in [-0.05, 0) is 19.1 Å². The number of hydrogen-bond donors (Lipinski definition) is 2. The highest BCUT2D eigenvalue weighted by molar-refractivity contribution is 5.85. The van der Waals surface area contributed by atoms with E-state index < -0.39 is 0 Å². The van der Waals surface area contributed by atoms with Crippen molar-refractivity contribution in [3.8, 4) is 5.75 Å². The molecule has 1 aliphatic heterocycles. The average Bonchev–Trinajstić information content (AvgIpc) is 2.51. The number of benzene rings is 1. The lowest BCUT2D eigenvalue weighted by Gasteiger charge is -2.31. The fourth-order valence-corrected chi connectivity index (χ4v) is 2.16. The van der Waals surface area contributed by atoms with Crippen LogP contribution in [0.25, 0.3) is 0 Å². The summed E-state index contributed by atoms with van der Waals surface area (Å²) in [4.78, 5) is 25.4. The van der Waals surface area contributed by atoms with Crippen LogP contribution in [0.2, 0.25) is 0 Å². The van der Waals surface area contributed by atoms with Crippen LogP contribution in [0.5, 0.6) is 5.75 Å². The zero-order chi connectivity index (χ0) is 15.1. The van der Waals surface area contributed by atoms with Gasteiger partial charge < -0.3 is 20.3 Å². The first kappa shape index (κ1) is 18.3. The van der Waals surface area contributed by atoms with Crippen molar-refractivity contribution in [1.29, 1.82) is 0 Å². The molecular weight excluding hydrogens is 306 g/mol. The molecule has 7 heteroatoms. The second-order valence-corrected chi connectivity index (χ2v) is 5.07. The highest BCUT2D eigenvalue weighted by Crippen LogP contribution is 2.07. The zero-order valence-corrected chi connectivity index (χ0v) is 13.4. The van der Waals surface area contributed by atoms with Gasteiger partial charge in [-0.1, -0.05) is 18.2 Å². The third-order valence-electron chi connectivity index (χ3n) is 3.27. The Balaban J connectivity index is 0.00000242. The number of para-hydroxylation sites is 1. The van der Waals surface area contributed by atoms with Gasteiger partial charge in [0.15, 0.2) is 6.61 Å². The zero-order valence-electron chi connectivity index (χ0n) is 12.6. The van der Waals surface area contributed by atoms with Crippen LogP contribution in [0.3, 0.4) is 0 Å². The van der Waals surface area contributed by atoms with Crippen molar-refractivity contribution in [2.75, 3.05) is 32.8 Å². The third kappa shape index (κ3) is 5.91. The van der Waals surface area contributed by atoms with Crippen LogP contribution in [0.4, 0.5) is 0 Å². The number of piperazine rings is 1. The molecule has 0 spiro atoms. The van der Waals surface area contributed by atoms with Crippen molar-refractivity contribution >= 4 is 24.2 Å². The van der Waals surface area contributed by atoms with Crippen LogP contribution < -0.4 is 15.4 Å². The Bertz CT molecular complexity index is 484. The Morgan fingerprint density at radius 3 is 2.77 bits per heavy atom. The predicted octanol–water partition coefficient (Wildman–Crippen LogP) is 0.424. The minimum Gasteiger partial charge on any atom is -0.484 e. The van der Waals surface area contributed by atoms with Gasteiger partial charge in [-0.2, -0.15) is 0 Å². The summed E-state index contributed by atoms with van der Waals surface area (Å²) in [6, 6.07) is 9.39. The van der Waals surface area contributed by atoms with Crippen molar-refractivity contribution in [2.45, 2.75) is 13.0 Å². The Kier molecular flexibility index (Phi) is 7.70. The highest BCUT2D eigenvalue weighted by atomic mass is 35.5. The lowest BCUT2D eigenvalue weighted by Crippen LogP contribution is -2.53. The molecule has 0 aliphatic carbocycles. The first-order valence-corrected chi connectivity index (χ1v) is 7.11. The SMILES string of the molecule is CC1CN(C(=O)CNC(=O)COc2ccccc2)CCN1.Cl. The molecule has 1 unspecified atom stereocenters. The Morgan fingerprint density at radius 1 is 1.36 bits per heavy atom. The fraction of sp³-hybridized carbons (Fsp3) is 0.467. The number of hydrogen-bond acceptors (Lipinski definition) is 4. The number of rotatable bonds is 5. The Labute approximate surface area is 136 Å². The van der Waals surface area contributed by atoms with Crippen molar-refractivity contribution in [3.63, 3.8) is 0 Å². The number of halogens is 1. The summed E-state index contributed by atoms with van der Waals surface area (Å²) in [5, 5.41) is 5.86. The van der Waals surface area contributed by atoms with Crippen molar-refractivity contribution < 1.29 is 14.3 Å². The quantitative estimate of drug-likeness (QED) is 0.822. The van der Waals surface area contributed by atoms with Crippen molar-refractivity contribution in [1.82, 2.24) is 15.5 Å². The number of carbonyl (C=O) groups excluding carboxylic acids is 2. The molecule has 1 aromatic rings. The molecule has 1 aliphatic rings. The second-order valence-electron chi connectivity index (χ2n) is 5.07. The summed E-state index contributed by atoms with van der Waals surface area (Å²) in [6.07, 6.45) is 0. The largest absolute Gasteiger partial charge is 0.484 e. The topological polar surface area (TPSA) is 70.7 Å². The molecule has 1 fully saturated rings. The van der Waals surface area contributed by atoms with Crippen LogP contribution in [0.15, 0.2) is 30.3 Å². The van der Waals surface area contributed by atoms with Gasteiger partial charge >= 0.3 is 0 Å². The number of nitrogens with zero attached hydrogens (tertiary/aromatic N) is 1. The summed E-state index contributed by atoms with van der Waals surface area (Å²) in [5.74, 6) is 0.279. The normalized spacial score (nSPS) is 17.3. The number of nitrogens with one attached hydrogen (secondary N) is 2. The molecule has 0 saturated carbocycles. The van der Waals surface area contributed by atoms with Gasteiger partial charge in [0.25, 0.3) is 5.91 Å². The maximum absolute atomic E-state index is 12.0. The van der Waals surface area contributed by atoms with E-state index in [-0.39, 0.29) is 37.4 Å². The van der Waals surface area contributed by atoms with Gasteiger partial charge in [-0.3, -0.25) is 9.59 Å². The summed E-state index contributed by atoms with van der Waals surface area (Å²) >= 11 is 0. The van der Waals surface area contributed by atoms with Gasteiger partial charge in [0, 0.05) is 25.7 Å². The lowest BCUT2D eigenvalue weighted by atomic mass is 10.2. The van der Waals surface area contributed by atoms with Crippen molar-refractivity contribution in [3.05, 3.63) is 30.3 Å². The number of amides is 2. The summed E-state index contributed by atoms with van der Waals surface area (Å²) in [6.45, 7) is 4.11. The van der Waals surface area contributed by atoms with E-state index in [0.29, 0.717) is 24.9 Å². The van der Waals surface area contributed by atoms with Gasteiger partial charge in [0.1, 0.15) is 5.75 Å². The minimum atomic E-state index is -0.296. The van der Waals surface area contributed by atoms with Crippen LogP contribution in [-0.4, -0.2) is 55.5 Å². The molecule has 122 valence electrons. The third-order valence-corrected chi connectivity index (χ3v) is 3.27. The lowest BCUT2D eigenvalue weighted by molar-refractivity contribution is -0.134. The molecule has 0 bridgehead atoms. The first-order chi connectivity index (χ1) is 10.1.